The van der Waals surface area contributed by atoms with Gasteiger partial charge in [-0.25, -0.2) is 0 Å². The van der Waals surface area contributed by atoms with E-state index in [1.54, 1.807) is 0 Å². The highest BCUT2D eigenvalue weighted by atomic mass is 16.5. The van der Waals surface area contributed by atoms with Crippen molar-refractivity contribution in [2.24, 2.45) is 0 Å². The topological polar surface area (TPSA) is 34.1 Å². The second kappa shape index (κ2) is 8.25. The zero-order valence-electron chi connectivity index (χ0n) is 13.0. The number of aromatic nitrogens is 1. The Morgan fingerprint density at radius 1 is 1.20 bits per heavy atom. The summed E-state index contributed by atoms with van der Waals surface area (Å²) in [7, 11) is 0. The molecule has 20 heavy (non-hydrogen) atoms. The fraction of sp³-hybridized carbons (Fsp3) is 0.706. The summed E-state index contributed by atoms with van der Waals surface area (Å²) < 4.78 is 5.86. The van der Waals surface area contributed by atoms with E-state index in [0.29, 0.717) is 0 Å². The van der Waals surface area contributed by atoms with Crippen LogP contribution in [0.5, 0.6) is 5.75 Å². The highest BCUT2D eigenvalue weighted by Crippen LogP contribution is 2.19. The van der Waals surface area contributed by atoms with Crippen molar-refractivity contribution in [2.75, 3.05) is 13.2 Å². The Kier molecular flexibility index (Phi) is 6.31. The van der Waals surface area contributed by atoms with Crippen LogP contribution in [0.4, 0.5) is 0 Å². The van der Waals surface area contributed by atoms with Crippen LogP contribution in [0.25, 0.3) is 0 Å². The van der Waals surface area contributed by atoms with Gasteiger partial charge in [-0.3, -0.25) is 4.98 Å². The molecule has 0 spiro atoms. The zero-order valence-corrected chi connectivity index (χ0v) is 13.0. The fourth-order valence-electron chi connectivity index (χ4n) is 2.34. The maximum atomic E-state index is 5.86. The predicted octanol–water partition coefficient (Wildman–Crippen LogP) is 3.64. The second-order valence-electron chi connectivity index (χ2n) is 5.74. The van der Waals surface area contributed by atoms with E-state index in [4.69, 9.17) is 4.74 Å². The number of aryl methyl sites for hydroxylation is 2. The maximum absolute atomic E-state index is 5.86. The highest BCUT2D eigenvalue weighted by molar-refractivity contribution is 5.29. The van der Waals surface area contributed by atoms with E-state index < -0.39 is 0 Å². The molecule has 1 N–H and O–H groups in total. The minimum atomic E-state index is 0.813. The molecule has 0 aromatic carbocycles. The van der Waals surface area contributed by atoms with Gasteiger partial charge in [-0.2, -0.15) is 0 Å². The van der Waals surface area contributed by atoms with E-state index in [-0.39, 0.29) is 0 Å². The largest absolute Gasteiger partial charge is 0.492 e. The molecule has 0 bridgehead atoms. The average Bonchev–Trinajstić information content (AvgIpc) is 3.27. The van der Waals surface area contributed by atoms with Gasteiger partial charge in [-0.15, -0.1) is 0 Å². The number of hydrogen-bond acceptors (Lipinski definition) is 3. The smallest absolute Gasteiger partial charge is 0.140 e. The molecule has 1 heterocycles. The molecule has 0 unspecified atom stereocenters. The Hall–Kier alpha value is -1.09. The summed E-state index contributed by atoms with van der Waals surface area (Å²) >= 11 is 0. The van der Waals surface area contributed by atoms with Gasteiger partial charge >= 0.3 is 0 Å². The van der Waals surface area contributed by atoms with Gasteiger partial charge in [-0.05, 0) is 57.7 Å². The van der Waals surface area contributed by atoms with E-state index >= 15 is 0 Å². The van der Waals surface area contributed by atoms with Crippen LogP contribution in [-0.2, 0) is 6.42 Å². The van der Waals surface area contributed by atoms with E-state index in [9.17, 15) is 0 Å². The minimum Gasteiger partial charge on any atom is -0.492 e. The van der Waals surface area contributed by atoms with Gasteiger partial charge in [0.15, 0.2) is 0 Å². The summed E-state index contributed by atoms with van der Waals surface area (Å²) in [5, 5.41) is 3.55. The zero-order chi connectivity index (χ0) is 14.2. The van der Waals surface area contributed by atoms with E-state index in [1.807, 2.05) is 13.0 Å². The number of rotatable bonds is 10. The molecular weight excluding hydrogens is 248 g/mol. The maximum Gasteiger partial charge on any atom is 0.140 e. The van der Waals surface area contributed by atoms with E-state index in [2.05, 4.69) is 23.3 Å². The molecule has 112 valence electrons. The van der Waals surface area contributed by atoms with Crippen molar-refractivity contribution in [1.82, 2.24) is 10.3 Å². The van der Waals surface area contributed by atoms with Gasteiger partial charge in [0.2, 0.25) is 0 Å². The molecule has 2 rings (SSSR count). The molecule has 0 aliphatic heterocycles. The van der Waals surface area contributed by atoms with Gasteiger partial charge in [-0.1, -0.05) is 19.8 Å². The van der Waals surface area contributed by atoms with E-state index in [1.165, 1.54) is 38.6 Å². The molecule has 1 aliphatic rings. The van der Waals surface area contributed by atoms with Crippen molar-refractivity contribution in [3.8, 4) is 5.75 Å². The molecular formula is C17H28N2O. The number of nitrogens with zero attached hydrogens (tertiary/aromatic N) is 1. The van der Waals surface area contributed by atoms with Crippen LogP contribution in [0.1, 0.15) is 56.8 Å². The summed E-state index contributed by atoms with van der Waals surface area (Å²) in [6.45, 7) is 6.15. The molecule has 1 aromatic rings. The number of ether oxygens (including phenoxy) is 1. The molecule has 3 nitrogen and oxygen atoms in total. The quantitative estimate of drug-likeness (QED) is 0.662. The molecule has 1 aromatic heterocycles. The van der Waals surface area contributed by atoms with Crippen molar-refractivity contribution in [2.45, 2.75) is 64.8 Å². The average molecular weight is 276 g/mol. The Morgan fingerprint density at radius 3 is 2.75 bits per heavy atom. The van der Waals surface area contributed by atoms with Gasteiger partial charge in [0.25, 0.3) is 0 Å². The van der Waals surface area contributed by atoms with Crippen LogP contribution >= 0.6 is 0 Å². The van der Waals surface area contributed by atoms with Crippen LogP contribution in [-0.4, -0.2) is 24.2 Å². The molecule has 1 aliphatic carbocycles. The van der Waals surface area contributed by atoms with Crippen molar-refractivity contribution in [3.05, 3.63) is 23.5 Å². The lowest BCUT2D eigenvalue weighted by Gasteiger charge is -2.10. The van der Waals surface area contributed by atoms with E-state index in [0.717, 1.165) is 42.6 Å². The van der Waals surface area contributed by atoms with Crippen molar-refractivity contribution in [1.29, 1.82) is 0 Å². The lowest BCUT2D eigenvalue weighted by molar-refractivity contribution is 0.300. The first-order chi connectivity index (χ1) is 9.79. The molecule has 0 saturated heterocycles. The third kappa shape index (κ3) is 5.49. The molecule has 0 atom stereocenters. The Morgan fingerprint density at radius 2 is 2.00 bits per heavy atom. The number of hydrogen-bond donors (Lipinski definition) is 1. The summed E-state index contributed by atoms with van der Waals surface area (Å²) in [5.74, 6) is 0.966. The molecule has 1 fully saturated rings. The van der Waals surface area contributed by atoms with Gasteiger partial charge in [0.05, 0.1) is 12.3 Å². The minimum absolute atomic E-state index is 0.813. The fourth-order valence-corrected chi connectivity index (χ4v) is 2.34. The third-order valence-electron chi connectivity index (χ3n) is 3.75. The lowest BCUT2D eigenvalue weighted by Crippen LogP contribution is -2.17. The summed E-state index contributed by atoms with van der Waals surface area (Å²) in [5.41, 5.74) is 2.15. The van der Waals surface area contributed by atoms with Gasteiger partial charge in [0, 0.05) is 11.7 Å². The summed E-state index contributed by atoms with van der Waals surface area (Å²) in [4.78, 5) is 4.52. The van der Waals surface area contributed by atoms with Crippen LogP contribution in [0.2, 0.25) is 0 Å². The first-order valence-electron chi connectivity index (χ1n) is 8.12. The Balaban J connectivity index is 1.53. The van der Waals surface area contributed by atoms with Crippen LogP contribution in [0.15, 0.2) is 12.1 Å². The molecule has 0 radical (unpaired) electrons. The van der Waals surface area contributed by atoms with Crippen LogP contribution in [0, 0.1) is 6.92 Å². The Bertz CT molecular complexity index is 402. The molecule has 3 heteroatoms. The summed E-state index contributed by atoms with van der Waals surface area (Å²) in [6.07, 6.45) is 8.70. The predicted molar refractivity (Wildman–Crippen MR) is 83.3 cm³/mol. The van der Waals surface area contributed by atoms with Crippen molar-refractivity contribution in [3.63, 3.8) is 0 Å². The van der Waals surface area contributed by atoms with Crippen LogP contribution in [0.3, 0.4) is 0 Å². The first kappa shape index (κ1) is 15.3. The lowest BCUT2D eigenvalue weighted by atomic mass is 10.2. The molecule has 1 saturated carbocycles. The normalized spacial score (nSPS) is 14.5. The summed E-state index contributed by atoms with van der Waals surface area (Å²) in [6, 6.07) is 4.93. The Labute approximate surface area is 123 Å². The van der Waals surface area contributed by atoms with Crippen molar-refractivity contribution < 1.29 is 4.74 Å². The standard InChI is InChI=1S/C17H28N2O/c1-3-16-17(11-8-14(2)19-16)20-13-7-5-4-6-12-18-15-9-10-15/h8,11,15,18H,3-7,9-10,12-13H2,1-2H3. The number of unbranched alkanes of at least 4 members (excludes halogenated alkanes) is 3. The first-order valence-corrected chi connectivity index (χ1v) is 8.12. The third-order valence-corrected chi connectivity index (χ3v) is 3.75. The van der Waals surface area contributed by atoms with Gasteiger partial charge < -0.3 is 10.1 Å². The van der Waals surface area contributed by atoms with Gasteiger partial charge in [0.1, 0.15) is 5.75 Å². The SMILES string of the molecule is CCc1nc(C)ccc1OCCCCCCNC1CC1. The highest BCUT2D eigenvalue weighted by Gasteiger charge is 2.19. The second-order valence-corrected chi connectivity index (χ2v) is 5.74. The number of pyridine rings is 1. The monoisotopic (exact) mass is 276 g/mol. The number of nitrogens with one attached hydrogen (secondary N) is 1. The molecule has 0 amide bonds. The van der Waals surface area contributed by atoms with Crippen LogP contribution < -0.4 is 10.1 Å². The van der Waals surface area contributed by atoms with Crippen molar-refractivity contribution >= 4 is 0 Å².